The fourth-order valence-electron chi connectivity index (χ4n) is 3.83. The normalized spacial score (nSPS) is 13.7. The van der Waals surface area contributed by atoms with Crippen LogP contribution in [-0.2, 0) is 29.5 Å². The number of hydrogen-bond acceptors (Lipinski definition) is 5. The Balaban J connectivity index is 1.88. The van der Waals surface area contributed by atoms with Crippen molar-refractivity contribution >= 4 is 34.3 Å². The van der Waals surface area contributed by atoms with E-state index in [1.54, 1.807) is 53.4 Å². The molecule has 0 saturated heterocycles. The van der Waals surface area contributed by atoms with Crippen LogP contribution >= 0.6 is 11.6 Å². The summed E-state index contributed by atoms with van der Waals surface area (Å²) in [4.78, 5) is 21.0. The van der Waals surface area contributed by atoms with Gasteiger partial charge in [-0.3, -0.25) is 4.98 Å². The first-order valence-corrected chi connectivity index (χ1v) is 10.4. The van der Waals surface area contributed by atoms with Gasteiger partial charge in [0.25, 0.3) is 0 Å². The average molecular weight is 490 g/mol. The van der Waals surface area contributed by atoms with Gasteiger partial charge in [-0.05, 0) is 41.5 Å². The number of carboxylic acid groups (broad SMARTS) is 1. The van der Waals surface area contributed by atoms with Crippen molar-refractivity contribution < 1.29 is 23.1 Å². The summed E-state index contributed by atoms with van der Waals surface area (Å²) in [6.45, 7) is 0.201. The molecule has 0 amide bonds. The molecule has 2 aromatic carbocycles. The summed E-state index contributed by atoms with van der Waals surface area (Å²) in [7, 11) is 0. The number of alkyl halides is 3. The van der Waals surface area contributed by atoms with Crippen molar-refractivity contribution in [2.75, 3.05) is 5.73 Å². The average Bonchev–Trinajstić information content (AvgIpc) is 3.15. The third-order valence-corrected chi connectivity index (χ3v) is 5.79. The van der Waals surface area contributed by atoms with Gasteiger partial charge in [0, 0.05) is 18.8 Å². The number of nitrogens with zero attached hydrogens (tertiary/aromatic N) is 3. The molecule has 0 saturated carbocycles. The molecule has 1 unspecified atom stereocenters. The minimum Gasteiger partial charge on any atom is -0.480 e. The highest BCUT2D eigenvalue weighted by Gasteiger charge is 2.42. The second-order valence-electron chi connectivity index (χ2n) is 7.86. The van der Waals surface area contributed by atoms with Gasteiger partial charge < -0.3 is 21.1 Å². The van der Waals surface area contributed by atoms with E-state index in [1.807, 2.05) is 0 Å². The van der Waals surface area contributed by atoms with Crippen molar-refractivity contribution in [3.63, 3.8) is 0 Å². The van der Waals surface area contributed by atoms with Crippen LogP contribution < -0.4 is 11.5 Å². The first-order chi connectivity index (χ1) is 16.0. The van der Waals surface area contributed by atoms with Crippen LogP contribution in [0.5, 0.6) is 0 Å². The third kappa shape index (κ3) is 4.29. The summed E-state index contributed by atoms with van der Waals surface area (Å²) in [5.41, 5.74) is 9.76. The van der Waals surface area contributed by atoms with Crippen molar-refractivity contribution in [3.8, 4) is 0 Å². The molecule has 0 fully saturated rings. The second kappa shape index (κ2) is 8.62. The van der Waals surface area contributed by atoms with Crippen molar-refractivity contribution in [1.82, 2.24) is 14.5 Å². The predicted molar refractivity (Wildman–Crippen MR) is 121 cm³/mol. The third-order valence-electron chi connectivity index (χ3n) is 5.48. The Hall–Kier alpha value is -3.63. The molecule has 34 heavy (non-hydrogen) atoms. The molecule has 7 nitrogen and oxygen atoms in total. The van der Waals surface area contributed by atoms with Crippen LogP contribution in [0.1, 0.15) is 22.5 Å². The molecule has 176 valence electrons. The van der Waals surface area contributed by atoms with E-state index < -0.39 is 35.4 Å². The maximum Gasteiger partial charge on any atom is 0.418 e. The topological polar surface area (TPSA) is 120 Å². The summed E-state index contributed by atoms with van der Waals surface area (Å²) in [5, 5.41) is 9.80. The van der Waals surface area contributed by atoms with Gasteiger partial charge in [0.2, 0.25) is 0 Å². The molecule has 1 atom stereocenters. The zero-order chi connectivity index (χ0) is 24.7. The maximum absolute atomic E-state index is 13.5. The number of hydrogen-bond donors (Lipinski definition) is 3. The zero-order valence-corrected chi connectivity index (χ0v) is 18.3. The highest BCUT2D eigenvalue weighted by atomic mass is 35.5. The Morgan fingerprint density at radius 2 is 1.85 bits per heavy atom. The van der Waals surface area contributed by atoms with Gasteiger partial charge in [0.15, 0.2) is 5.54 Å². The Morgan fingerprint density at radius 3 is 2.50 bits per heavy atom. The fraction of sp³-hybridized carbons (Fsp3) is 0.174. The SMILES string of the molecule is Nc1c(Cl)cc(CC(N)(C(=O)O)c2nc3ccccc3n2Cc2cccnc2)cc1C(F)(F)F. The van der Waals surface area contributed by atoms with Gasteiger partial charge >= 0.3 is 12.1 Å². The highest BCUT2D eigenvalue weighted by molar-refractivity contribution is 6.33. The fourth-order valence-corrected chi connectivity index (χ4v) is 4.08. The molecule has 2 aromatic heterocycles. The number of halogens is 4. The largest absolute Gasteiger partial charge is 0.480 e. The molecule has 0 spiro atoms. The van der Waals surface area contributed by atoms with Crippen LogP contribution in [0.25, 0.3) is 11.0 Å². The number of carboxylic acids is 1. The van der Waals surface area contributed by atoms with E-state index in [4.69, 9.17) is 23.1 Å². The monoisotopic (exact) mass is 489 g/mol. The minimum atomic E-state index is -4.78. The molecule has 0 radical (unpaired) electrons. The van der Waals surface area contributed by atoms with Crippen LogP contribution in [0.2, 0.25) is 5.02 Å². The molecular weight excluding hydrogens is 471 g/mol. The van der Waals surface area contributed by atoms with Crippen molar-refractivity contribution in [3.05, 3.63) is 88.5 Å². The molecule has 2 heterocycles. The van der Waals surface area contributed by atoms with Crippen LogP contribution in [-0.4, -0.2) is 25.6 Å². The van der Waals surface area contributed by atoms with E-state index in [0.717, 1.165) is 11.6 Å². The number of nitrogens with two attached hydrogens (primary N) is 2. The molecule has 0 bridgehead atoms. The summed E-state index contributed by atoms with van der Waals surface area (Å²) in [6, 6.07) is 12.4. The lowest BCUT2D eigenvalue weighted by Gasteiger charge is -2.26. The number of anilines is 1. The summed E-state index contributed by atoms with van der Waals surface area (Å²) in [5.74, 6) is -1.48. The maximum atomic E-state index is 13.5. The van der Waals surface area contributed by atoms with Gasteiger partial charge in [-0.1, -0.05) is 29.8 Å². The van der Waals surface area contributed by atoms with Gasteiger partial charge in [0.05, 0.1) is 33.9 Å². The minimum absolute atomic E-state index is 0.0217. The van der Waals surface area contributed by atoms with Crippen molar-refractivity contribution in [2.24, 2.45) is 5.73 Å². The number of rotatable bonds is 6. The zero-order valence-electron chi connectivity index (χ0n) is 17.6. The Bertz CT molecular complexity index is 1370. The molecule has 0 aliphatic carbocycles. The molecule has 4 rings (SSSR count). The molecule has 0 aliphatic rings. The van der Waals surface area contributed by atoms with Gasteiger partial charge in [-0.15, -0.1) is 0 Å². The van der Waals surface area contributed by atoms with Crippen LogP contribution in [0.15, 0.2) is 60.9 Å². The quantitative estimate of drug-likeness (QED) is 0.349. The van der Waals surface area contributed by atoms with E-state index in [0.29, 0.717) is 11.0 Å². The number of aliphatic carboxylic acids is 1. The van der Waals surface area contributed by atoms with E-state index >= 15 is 0 Å². The van der Waals surface area contributed by atoms with E-state index in [1.165, 1.54) is 6.07 Å². The smallest absolute Gasteiger partial charge is 0.418 e. The number of carbonyl (C=O) groups is 1. The Morgan fingerprint density at radius 1 is 1.12 bits per heavy atom. The number of para-hydroxylation sites is 2. The molecule has 5 N–H and O–H groups in total. The summed E-state index contributed by atoms with van der Waals surface area (Å²) >= 11 is 5.94. The molecule has 0 aliphatic heterocycles. The van der Waals surface area contributed by atoms with E-state index in [2.05, 4.69) is 9.97 Å². The summed E-state index contributed by atoms with van der Waals surface area (Å²) < 4.78 is 42.0. The molecular formula is C23H19ClF3N5O2. The number of aromatic nitrogens is 3. The van der Waals surface area contributed by atoms with E-state index in [9.17, 15) is 23.1 Å². The number of nitrogen functional groups attached to an aromatic ring is 1. The highest BCUT2D eigenvalue weighted by Crippen LogP contribution is 2.39. The lowest BCUT2D eigenvalue weighted by atomic mass is 9.89. The van der Waals surface area contributed by atoms with Gasteiger partial charge in [0.1, 0.15) is 5.82 Å². The lowest BCUT2D eigenvalue weighted by Crippen LogP contribution is -2.49. The predicted octanol–water partition coefficient (Wildman–Crippen LogP) is 4.22. The summed E-state index contributed by atoms with van der Waals surface area (Å²) in [6.07, 6.45) is -2.07. The van der Waals surface area contributed by atoms with Crippen LogP contribution in [0.3, 0.4) is 0 Å². The van der Waals surface area contributed by atoms with E-state index in [-0.39, 0.29) is 23.0 Å². The van der Waals surface area contributed by atoms with Gasteiger partial charge in [-0.25, -0.2) is 9.78 Å². The standard InChI is InChI=1S/C23H19ClF3N5O2/c24-16-9-14(8-15(19(16)28)23(25,26)27)10-22(29,21(33)34)20-31-17-5-1-2-6-18(17)32(20)12-13-4-3-7-30-11-13/h1-9,11H,10,12,28-29H2,(H,33,34). The second-order valence-corrected chi connectivity index (χ2v) is 8.27. The molecule has 11 heteroatoms. The number of fused-ring (bicyclic) bond motifs is 1. The first kappa shape index (κ1) is 23.5. The Kier molecular flexibility index (Phi) is 5.96. The first-order valence-electron chi connectivity index (χ1n) is 10.0. The van der Waals surface area contributed by atoms with Crippen LogP contribution in [0.4, 0.5) is 18.9 Å². The number of pyridine rings is 1. The van der Waals surface area contributed by atoms with Crippen molar-refractivity contribution in [2.45, 2.75) is 24.7 Å². The van der Waals surface area contributed by atoms with Crippen molar-refractivity contribution in [1.29, 1.82) is 0 Å². The number of benzene rings is 2. The van der Waals surface area contributed by atoms with Crippen LogP contribution in [0, 0.1) is 0 Å². The number of imidazole rings is 1. The molecule has 4 aromatic rings. The lowest BCUT2D eigenvalue weighted by molar-refractivity contribution is -0.144. The Labute approximate surface area is 196 Å². The van der Waals surface area contributed by atoms with Gasteiger partial charge in [-0.2, -0.15) is 13.2 Å².